The number of carboxylic acid groups (broad SMARTS) is 1. The minimum absolute atomic E-state index is 0.150. The summed E-state index contributed by atoms with van der Waals surface area (Å²) < 4.78 is 0. The molecule has 2 heterocycles. The van der Waals surface area contributed by atoms with E-state index in [2.05, 4.69) is 4.98 Å². The van der Waals surface area contributed by atoms with Gasteiger partial charge in [-0.1, -0.05) is 0 Å². The summed E-state index contributed by atoms with van der Waals surface area (Å²) in [5.41, 5.74) is 10.5. The Morgan fingerprint density at radius 2 is 2.22 bits per heavy atom. The molecule has 1 unspecified atom stereocenters. The Labute approximate surface area is 103 Å². The molecule has 0 radical (unpaired) electrons. The number of hydrogen-bond acceptors (Lipinski definition) is 5. The van der Waals surface area contributed by atoms with Crippen molar-refractivity contribution in [3.63, 3.8) is 0 Å². The SMILES string of the molecule is NC(=O)c1cc(N2CCC(N)(C(=O)O)C2)ccn1. The lowest BCUT2D eigenvalue weighted by Crippen LogP contribution is -2.50. The quantitative estimate of drug-likeness (QED) is 0.643. The molecule has 18 heavy (non-hydrogen) atoms. The van der Waals surface area contributed by atoms with Crippen LogP contribution in [0.3, 0.4) is 0 Å². The second-order valence-corrected chi connectivity index (χ2v) is 4.40. The number of aromatic nitrogens is 1. The van der Waals surface area contributed by atoms with Gasteiger partial charge in [-0.3, -0.25) is 14.6 Å². The van der Waals surface area contributed by atoms with E-state index < -0.39 is 17.4 Å². The second-order valence-electron chi connectivity index (χ2n) is 4.40. The highest BCUT2D eigenvalue weighted by molar-refractivity contribution is 5.91. The first-order valence-corrected chi connectivity index (χ1v) is 5.45. The third kappa shape index (κ3) is 2.12. The normalized spacial score (nSPS) is 23.1. The number of primary amides is 1. The summed E-state index contributed by atoms with van der Waals surface area (Å²) in [4.78, 5) is 27.7. The summed E-state index contributed by atoms with van der Waals surface area (Å²) >= 11 is 0. The van der Waals surface area contributed by atoms with Crippen molar-refractivity contribution < 1.29 is 14.7 Å². The summed E-state index contributed by atoms with van der Waals surface area (Å²) in [5, 5.41) is 9.04. The maximum atomic E-state index is 11.0. The van der Waals surface area contributed by atoms with Crippen molar-refractivity contribution in [2.75, 3.05) is 18.0 Å². The molecular formula is C11H14N4O3. The maximum Gasteiger partial charge on any atom is 0.325 e. The van der Waals surface area contributed by atoms with Gasteiger partial charge in [0.05, 0.1) is 0 Å². The molecule has 1 amide bonds. The molecule has 7 heteroatoms. The highest BCUT2D eigenvalue weighted by Crippen LogP contribution is 2.25. The predicted molar refractivity (Wildman–Crippen MR) is 64.1 cm³/mol. The van der Waals surface area contributed by atoms with Gasteiger partial charge in [-0.05, 0) is 18.6 Å². The van der Waals surface area contributed by atoms with Gasteiger partial charge in [-0.15, -0.1) is 0 Å². The smallest absolute Gasteiger partial charge is 0.325 e. The van der Waals surface area contributed by atoms with E-state index in [4.69, 9.17) is 16.6 Å². The van der Waals surface area contributed by atoms with Crippen LogP contribution >= 0.6 is 0 Å². The van der Waals surface area contributed by atoms with Gasteiger partial charge in [0.1, 0.15) is 11.2 Å². The monoisotopic (exact) mass is 250 g/mol. The number of nitrogens with two attached hydrogens (primary N) is 2. The number of pyridine rings is 1. The van der Waals surface area contributed by atoms with Gasteiger partial charge in [0.2, 0.25) is 0 Å². The van der Waals surface area contributed by atoms with Crippen molar-refractivity contribution in [3.8, 4) is 0 Å². The van der Waals surface area contributed by atoms with Crippen molar-refractivity contribution in [1.82, 2.24) is 4.98 Å². The van der Waals surface area contributed by atoms with Crippen LogP contribution in [0.5, 0.6) is 0 Å². The van der Waals surface area contributed by atoms with Crippen LogP contribution in [-0.2, 0) is 4.79 Å². The maximum absolute atomic E-state index is 11.0. The lowest BCUT2D eigenvalue weighted by atomic mass is 10.0. The van der Waals surface area contributed by atoms with Crippen LogP contribution in [0.15, 0.2) is 18.3 Å². The number of anilines is 1. The Balaban J connectivity index is 2.22. The highest BCUT2D eigenvalue weighted by atomic mass is 16.4. The topological polar surface area (TPSA) is 123 Å². The Hall–Kier alpha value is -2.15. The number of amides is 1. The van der Waals surface area contributed by atoms with E-state index >= 15 is 0 Å². The van der Waals surface area contributed by atoms with Gasteiger partial charge >= 0.3 is 5.97 Å². The lowest BCUT2D eigenvalue weighted by molar-refractivity contribution is -0.142. The van der Waals surface area contributed by atoms with Crippen LogP contribution in [-0.4, -0.2) is 40.6 Å². The fourth-order valence-corrected chi connectivity index (χ4v) is 1.98. The molecule has 1 aliphatic heterocycles. The number of nitrogens with zero attached hydrogens (tertiary/aromatic N) is 2. The summed E-state index contributed by atoms with van der Waals surface area (Å²) in [7, 11) is 0. The Morgan fingerprint density at radius 3 is 2.78 bits per heavy atom. The van der Waals surface area contributed by atoms with E-state index in [0.717, 1.165) is 0 Å². The Bertz CT molecular complexity index is 505. The van der Waals surface area contributed by atoms with Gasteiger partial charge < -0.3 is 21.5 Å². The molecule has 0 aromatic carbocycles. The minimum Gasteiger partial charge on any atom is -0.480 e. The number of aliphatic carboxylic acids is 1. The van der Waals surface area contributed by atoms with Crippen molar-refractivity contribution in [2.45, 2.75) is 12.0 Å². The lowest BCUT2D eigenvalue weighted by Gasteiger charge is -2.21. The van der Waals surface area contributed by atoms with E-state index in [1.807, 2.05) is 4.90 Å². The molecule has 5 N–H and O–H groups in total. The fourth-order valence-electron chi connectivity index (χ4n) is 1.98. The molecule has 1 aromatic rings. The van der Waals surface area contributed by atoms with E-state index in [1.165, 1.54) is 12.3 Å². The second kappa shape index (κ2) is 4.26. The number of carbonyl (C=O) groups is 2. The molecule has 2 rings (SSSR count). The molecule has 0 aliphatic carbocycles. The Kier molecular flexibility index (Phi) is 2.92. The Morgan fingerprint density at radius 1 is 1.50 bits per heavy atom. The van der Waals surface area contributed by atoms with Gasteiger partial charge in [-0.2, -0.15) is 0 Å². The van der Waals surface area contributed by atoms with Crippen molar-refractivity contribution in [3.05, 3.63) is 24.0 Å². The van der Waals surface area contributed by atoms with Crippen LogP contribution in [0.25, 0.3) is 0 Å². The zero-order valence-corrected chi connectivity index (χ0v) is 9.67. The molecule has 1 saturated heterocycles. The molecule has 0 bridgehead atoms. The first-order chi connectivity index (χ1) is 8.42. The van der Waals surface area contributed by atoms with E-state index in [9.17, 15) is 9.59 Å². The number of rotatable bonds is 3. The molecule has 1 atom stereocenters. The molecule has 1 fully saturated rings. The van der Waals surface area contributed by atoms with Crippen molar-refractivity contribution in [1.29, 1.82) is 0 Å². The third-order valence-corrected chi connectivity index (χ3v) is 3.09. The van der Waals surface area contributed by atoms with Gasteiger partial charge in [0.15, 0.2) is 0 Å². The van der Waals surface area contributed by atoms with Crippen LogP contribution < -0.4 is 16.4 Å². The zero-order chi connectivity index (χ0) is 13.3. The molecule has 96 valence electrons. The van der Waals surface area contributed by atoms with Gasteiger partial charge in [0, 0.05) is 25.0 Å². The zero-order valence-electron chi connectivity index (χ0n) is 9.67. The van der Waals surface area contributed by atoms with Gasteiger partial charge in [0.25, 0.3) is 5.91 Å². The molecule has 1 aromatic heterocycles. The first kappa shape index (κ1) is 12.3. The minimum atomic E-state index is -1.24. The fraction of sp³-hybridized carbons (Fsp3) is 0.364. The first-order valence-electron chi connectivity index (χ1n) is 5.45. The summed E-state index contributed by atoms with van der Waals surface area (Å²) in [6.07, 6.45) is 1.82. The van der Waals surface area contributed by atoms with Gasteiger partial charge in [-0.25, -0.2) is 0 Å². The van der Waals surface area contributed by atoms with E-state index in [0.29, 0.717) is 18.7 Å². The molecule has 0 saturated carbocycles. The highest BCUT2D eigenvalue weighted by Gasteiger charge is 2.41. The largest absolute Gasteiger partial charge is 0.480 e. The summed E-state index contributed by atoms with van der Waals surface area (Å²) in [6.45, 7) is 0.718. The molecule has 1 aliphatic rings. The third-order valence-electron chi connectivity index (χ3n) is 3.09. The predicted octanol–water partition coefficient (Wildman–Crippen LogP) is -0.827. The van der Waals surface area contributed by atoms with Crippen LogP contribution in [0.1, 0.15) is 16.9 Å². The molecule has 0 spiro atoms. The van der Waals surface area contributed by atoms with Crippen molar-refractivity contribution >= 4 is 17.6 Å². The average Bonchev–Trinajstić information content (AvgIpc) is 2.73. The summed E-state index contributed by atoms with van der Waals surface area (Å²) in [6, 6.07) is 3.23. The van der Waals surface area contributed by atoms with E-state index in [1.54, 1.807) is 6.07 Å². The standard InChI is InChI=1S/C11H14N4O3/c12-9(16)8-5-7(1-3-14-8)15-4-2-11(13,6-15)10(17)18/h1,3,5H,2,4,6,13H2,(H2,12,16)(H,17,18). The summed E-state index contributed by atoms with van der Waals surface area (Å²) in [5.74, 6) is -1.64. The van der Waals surface area contributed by atoms with Crippen LogP contribution in [0.4, 0.5) is 5.69 Å². The molecule has 7 nitrogen and oxygen atoms in total. The average molecular weight is 250 g/mol. The number of carboxylic acids is 1. The van der Waals surface area contributed by atoms with Crippen LogP contribution in [0, 0.1) is 0 Å². The molecular weight excluding hydrogens is 236 g/mol. The van der Waals surface area contributed by atoms with Crippen molar-refractivity contribution in [2.24, 2.45) is 11.5 Å². The van der Waals surface area contributed by atoms with Crippen LogP contribution in [0.2, 0.25) is 0 Å². The number of carbonyl (C=O) groups excluding carboxylic acids is 1. The number of hydrogen-bond donors (Lipinski definition) is 3. The van der Waals surface area contributed by atoms with E-state index in [-0.39, 0.29) is 12.2 Å².